The second-order valence-corrected chi connectivity index (χ2v) is 7.79. The van der Waals surface area contributed by atoms with E-state index in [4.69, 9.17) is 0 Å². The molecule has 0 aliphatic rings. The number of sulfone groups is 1. The Labute approximate surface area is 140 Å². The zero-order chi connectivity index (χ0) is 16.7. The third-order valence-electron chi connectivity index (χ3n) is 4.16. The summed E-state index contributed by atoms with van der Waals surface area (Å²) in [5.41, 5.74) is 2.59. The molecule has 0 radical (unpaired) electrons. The number of hydrogen-bond donors (Lipinski definition) is 0. The number of aromatic nitrogens is 2. The molecule has 0 saturated carbocycles. The fourth-order valence-electron chi connectivity index (χ4n) is 3.09. The van der Waals surface area contributed by atoms with Crippen molar-refractivity contribution in [2.24, 2.45) is 0 Å². The highest BCUT2D eigenvalue weighted by atomic mass is 32.2. The van der Waals surface area contributed by atoms with Crippen molar-refractivity contribution in [1.29, 1.82) is 0 Å². The van der Waals surface area contributed by atoms with E-state index >= 15 is 0 Å². The summed E-state index contributed by atoms with van der Waals surface area (Å²) in [6.45, 7) is 0.463. The van der Waals surface area contributed by atoms with Crippen LogP contribution in [0.1, 0.15) is 5.56 Å². The number of benzene rings is 3. The van der Waals surface area contributed by atoms with Gasteiger partial charge in [0.05, 0.1) is 17.6 Å². The van der Waals surface area contributed by atoms with E-state index in [2.05, 4.69) is 23.2 Å². The van der Waals surface area contributed by atoms with Gasteiger partial charge in [0.15, 0.2) is 0 Å². The molecule has 120 valence electrons. The number of hydrogen-bond acceptors (Lipinski definition) is 3. The van der Waals surface area contributed by atoms with Gasteiger partial charge in [-0.25, -0.2) is 13.4 Å². The summed E-state index contributed by atoms with van der Waals surface area (Å²) in [5, 5.41) is 2.37. The molecule has 0 spiro atoms. The minimum absolute atomic E-state index is 0.108. The molecule has 0 fully saturated rings. The summed E-state index contributed by atoms with van der Waals surface area (Å²) in [4.78, 5) is 4.34. The van der Waals surface area contributed by atoms with E-state index in [0.29, 0.717) is 12.1 Å². The lowest BCUT2D eigenvalue weighted by molar-refractivity contribution is 0.581. The summed E-state index contributed by atoms with van der Waals surface area (Å²) in [5.74, 6) is 0. The quantitative estimate of drug-likeness (QED) is 0.574. The van der Waals surface area contributed by atoms with Crippen LogP contribution in [0.4, 0.5) is 0 Å². The SMILES string of the molecule is CS(=O)(=O)c1nc2ccccc2n1Cc1cccc2ccccc12. The first-order chi connectivity index (χ1) is 11.5. The molecule has 24 heavy (non-hydrogen) atoms. The molecule has 0 aliphatic carbocycles. The van der Waals surface area contributed by atoms with Crippen LogP contribution in [0.15, 0.2) is 71.9 Å². The molecule has 4 nitrogen and oxygen atoms in total. The Balaban J connectivity index is 1.96. The van der Waals surface area contributed by atoms with Crippen LogP contribution in [0.2, 0.25) is 0 Å². The van der Waals surface area contributed by atoms with E-state index in [1.165, 1.54) is 6.26 Å². The first kappa shape index (κ1) is 14.9. The van der Waals surface area contributed by atoms with Gasteiger partial charge >= 0.3 is 0 Å². The Morgan fingerprint density at radius 2 is 1.62 bits per heavy atom. The van der Waals surface area contributed by atoms with Crippen molar-refractivity contribution in [1.82, 2.24) is 9.55 Å². The van der Waals surface area contributed by atoms with Crippen LogP contribution < -0.4 is 0 Å². The normalized spacial score (nSPS) is 12.0. The maximum absolute atomic E-state index is 12.2. The molecular formula is C19H16N2O2S. The summed E-state index contributed by atoms with van der Waals surface area (Å²) < 4.78 is 26.2. The van der Waals surface area contributed by atoms with Crippen LogP contribution in [-0.2, 0) is 16.4 Å². The molecule has 0 atom stereocenters. The van der Waals surface area contributed by atoms with E-state index in [1.54, 1.807) is 4.57 Å². The molecule has 0 aliphatic heterocycles. The number of nitrogens with zero attached hydrogens (tertiary/aromatic N) is 2. The molecule has 5 heteroatoms. The molecule has 1 aromatic heterocycles. The predicted molar refractivity (Wildman–Crippen MR) is 95.9 cm³/mol. The van der Waals surface area contributed by atoms with Crippen LogP contribution in [0.3, 0.4) is 0 Å². The van der Waals surface area contributed by atoms with E-state index in [-0.39, 0.29) is 5.16 Å². The maximum Gasteiger partial charge on any atom is 0.228 e. The second-order valence-electron chi connectivity index (χ2n) is 5.88. The van der Waals surface area contributed by atoms with Gasteiger partial charge in [-0.1, -0.05) is 54.6 Å². The first-order valence-corrected chi connectivity index (χ1v) is 9.55. The topological polar surface area (TPSA) is 52.0 Å². The van der Waals surface area contributed by atoms with Gasteiger partial charge in [-0.05, 0) is 28.5 Å². The van der Waals surface area contributed by atoms with Crippen molar-refractivity contribution >= 4 is 31.6 Å². The average molecular weight is 336 g/mol. The summed E-state index contributed by atoms with van der Waals surface area (Å²) in [6, 6.07) is 21.7. The minimum Gasteiger partial charge on any atom is -0.310 e. The number of fused-ring (bicyclic) bond motifs is 2. The lowest BCUT2D eigenvalue weighted by Crippen LogP contribution is -2.10. The molecule has 0 N–H and O–H groups in total. The molecule has 4 aromatic rings. The first-order valence-electron chi connectivity index (χ1n) is 7.66. The van der Waals surface area contributed by atoms with Gasteiger partial charge in [0.2, 0.25) is 15.0 Å². The molecular weight excluding hydrogens is 320 g/mol. The van der Waals surface area contributed by atoms with Crippen LogP contribution in [0, 0.1) is 0 Å². The van der Waals surface area contributed by atoms with Gasteiger partial charge < -0.3 is 4.57 Å². The zero-order valence-corrected chi connectivity index (χ0v) is 14.0. The average Bonchev–Trinajstić information content (AvgIpc) is 2.94. The number of imidazole rings is 1. The molecule has 0 saturated heterocycles. The summed E-state index contributed by atoms with van der Waals surface area (Å²) >= 11 is 0. The molecule has 3 aromatic carbocycles. The van der Waals surface area contributed by atoms with Crippen molar-refractivity contribution in [3.8, 4) is 0 Å². The Bertz CT molecular complexity index is 1160. The highest BCUT2D eigenvalue weighted by Crippen LogP contribution is 2.24. The van der Waals surface area contributed by atoms with Gasteiger partial charge in [-0.2, -0.15) is 0 Å². The van der Waals surface area contributed by atoms with E-state index in [9.17, 15) is 8.42 Å². The summed E-state index contributed by atoms with van der Waals surface area (Å²) in [6.07, 6.45) is 1.20. The maximum atomic E-state index is 12.2. The third-order valence-corrected chi connectivity index (χ3v) is 5.13. The molecule has 0 amide bonds. The van der Waals surface area contributed by atoms with Gasteiger partial charge in [-0.3, -0.25) is 0 Å². The predicted octanol–water partition coefficient (Wildman–Crippen LogP) is 3.64. The largest absolute Gasteiger partial charge is 0.310 e. The van der Waals surface area contributed by atoms with E-state index in [0.717, 1.165) is 21.9 Å². The Hall–Kier alpha value is -2.66. The van der Waals surface area contributed by atoms with E-state index < -0.39 is 9.84 Å². The van der Waals surface area contributed by atoms with Gasteiger partial charge in [0, 0.05) is 6.26 Å². The van der Waals surface area contributed by atoms with Crippen LogP contribution in [0.5, 0.6) is 0 Å². The highest BCUT2D eigenvalue weighted by molar-refractivity contribution is 7.90. The molecule has 0 unspecified atom stereocenters. The Kier molecular flexibility index (Phi) is 3.39. The van der Waals surface area contributed by atoms with Crippen LogP contribution in [-0.4, -0.2) is 24.2 Å². The number of rotatable bonds is 3. The summed E-state index contributed by atoms with van der Waals surface area (Å²) in [7, 11) is -3.42. The van der Waals surface area contributed by atoms with Crippen molar-refractivity contribution in [2.45, 2.75) is 11.7 Å². The monoisotopic (exact) mass is 336 g/mol. The Morgan fingerprint density at radius 3 is 2.46 bits per heavy atom. The van der Waals surface area contributed by atoms with Crippen LogP contribution >= 0.6 is 0 Å². The third kappa shape index (κ3) is 2.47. The lowest BCUT2D eigenvalue weighted by atomic mass is 10.0. The minimum atomic E-state index is -3.42. The lowest BCUT2D eigenvalue weighted by Gasteiger charge is -2.11. The van der Waals surface area contributed by atoms with Crippen molar-refractivity contribution < 1.29 is 8.42 Å². The van der Waals surface area contributed by atoms with Crippen LogP contribution in [0.25, 0.3) is 21.8 Å². The van der Waals surface area contributed by atoms with E-state index in [1.807, 2.05) is 48.5 Å². The highest BCUT2D eigenvalue weighted by Gasteiger charge is 2.19. The Morgan fingerprint density at radius 1 is 0.917 bits per heavy atom. The smallest absolute Gasteiger partial charge is 0.228 e. The van der Waals surface area contributed by atoms with Gasteiger partial charge in [-0.15, -0.1) is 0 Å². The zero-order valence-electron chi connectivity index (χ0n) is 13.2. The molecule has 0 bridgehead atoms. The number of para-hydroxylation sites is 2. The molecule has 1 heterocycles. The van der Waals surface area contributed by atoms with Crippen molar-refractivity contribution in [2.75, 3.05) is 6.26 Å². The van der Waals surface area contributed by atoms with Gasteiger partial charge in [0.1, 0.15) is 0 Å². The van der Waals surface area contributed by atoms with Crippen molar-refractivity contribution in [3.63, 3.8) is 0 Å². The van der Waals surface area contributed by atoms with Gasteiger partial charge in [0.25, 0.3) is 0 Å². The standard InChI is InChI=1S/C19H16N2O2S/c1-24(22,23)19-20-17-11-4-5-12-18(17)21(19)13-15-9-6-8-14-7-2-3-10-16(14)15/h2-12H,13H2,1H3. The fourth-order valence-corrected chi connectivity index (χ4v) is 3.92. The second kappa shape index (κ2) is 5.46. The molecule has 4 rings (SSSR count). The fraction of sp³-hybridized carbons (Fsp3) is 0.105. The van der Waals surface area contributed by atoms with Crippen molar-refractivity contribution in [3.05, 3.63) is 72.3 Å².